The van der Waals surface area contributed by atoms with Gasteiger partial charge in [-0.2, -0.15) is 0 Å². The van der Waals surface area contributed by atoms with Crippen LogP contribution in [0, 0.1) is 0 Å². The molecule has 1 aliphatic heterocycles. The molecule has 0 N–H and O–H groups in total. The van der Waals surface area contributed by atoms with Crippen molar-refractivity contribution in [3.63, 3.8) is 0 Å². The van der Waals surface area contributed by atoms with Gasteiger partial charge in [-0.15, -0.1) is 0 Å². The summed E-state index contributed by atoms with van der Waals surface area (Å²) < 4.78 is 33.8. The van der Waals surface area contributed by atoms with Crippen LogP contribution in [0.15, 0.2) is 23.1 Å². The maximum atomic E-state index is 11.5. The molecule has 1 saturated heterocycles. The molecule has 1 aliphatic rings. The highest BCUT2D eigenvalue weighted by Crippen LogP contribution is 2.38. The van der Waals surface area contributed by atoms with Gasteiger partial charge in [0.15, 0.2) is 0 Å². The lowest BCUT2D eigenvalue weighted by atomic mass is 9.93. The minimum atomic E-state index is -3.83. The van der Waals surface area contributed by atoms with Crippen LogP contribution in [0.25, 0.3) is 0 Å². The Bertz CT molecular complexity index is 547. The summed E-state index contributed by atoms with van der Waals surface area (Å²) in [5, 5.41) is 0. The summed E-state index contributed by atoms with van der Waals surface area (Å²) in [7, 11) is 3.00. The summed E-state index contributed by atoms with van der Waals surface area (Å²) in [5.74, 6) is 0.246. The second-order valence-electron chi connectivity index (χ2n) is 4.49. The third-order valence-electron chi connectivity index (χ3n) is 3.26. The molecule has 0 bridgehead atoms. The van der Waals surface area contributed by atoms with E-state index >= 15 is 0 Å². The average Bonchev–Trinajstić information content (AvgIpc) is 2.75. The number of halogens is 1. The second-order valence-corrected chi connectivity index (χ2v) is 7.02. The van der Waals surface area contributed by atoms with E-state index in [9.17, 15) is 8.42 Å². The fourth-order valence-electron chi connectivity index (χ4n) is 2.20. The Kier molecular flexibility index (Phi) is 3.58. The number of benzene rings is 1. The second kappa shape index (κ2) is 4.72. The molecule has 0 aliphatic carbocycles. The molecule has 0 spiro atoms. The topological polar surface area (TPSA) is 52.6 Å². The van der Waals surface area contributed by atoms with Crippen LogP contribution in [0.1, 0.15) is 25.3 Å². The number of rotatable bonds is 3. The largest absolute Gasteiger partial charge is 0.495 e. The minimum Gasteiger partial charge on any atom is -0.495 e. The Morgan fingerprint density at radius 2 is 2.17 bits per heavy atom. The van der Waals surface area contributed by atoms with Gasteiger partial charge in [0.1, 0.15) is 10.6 Å². The van der Waals surface area contributed by atoms with Crippen LogP contribution < -0.4 is 4.74 Å². The number of hydrogen-bond donors (Lipinski definition) is 0. The number of methoxy groups -OCH3 is 1. The van der Waals surface area contributed by atoms with Crippen molar-refractivity contribution in [2.45, 2.75) is 30.3 Å². The van der Waals surface area contributed by atoms with Gasteiger partial charge in [0.25, 0.3) is 9.05 Å². The van der Waals surface area contributed by atoms with Gasteiger partial charge in [-0.05, 0) is 37.5 Å². The molecule has 1 unspecified atom stereocenters. The first-order valence-electron chi connectivity index (χ1n) is 5.64. The SMILES string of the molecule is COc1ccc(C2(C)CCCO2)cc1S(=O)(=O)Cl. The van der Waals surface area contributed by atoms with Crippen LogP contribution in [0.3, 0.4) is 0 Å². The Morgan fingerprint density at radius 3 is 2.67 bits per heavy atom. The molecular formula is C12H15ClO4S. The van der Waals surface area contributed by atoms with Gasteiger partial charge < -0.3 is 9.47 Å². The van der Waals surface area contributed by atoms with Crippen LogP contribution in [-0.4, -0.2) is 22.1 Å². The average molecular weight is 291 g/mol. The van der Waals surface area contributed by atoms with Crippen LogP contribution in [-0.2, 0) is 19.4 Å². The maximum absolute atomic E-state index is 11.5. The first-order valence-corrected chi connectivity index (χ1v) is 7.95. The van der Waals surface area contributed by atoms with Crippen molar-refractivity contribution in [1.29, 1.82) is 0 Å². The summed E-state index contributed by atoms with van der Waals surface area (Å²) >= 11 is 0. The highest BCUT2D eigenvalue weighted by atomic mass is 35.7. The van der Waals surface area contributed by atoms with Crippen molar-refractivity contribution >= 4 is 19.7 Å². The summed E-state index contributed by atoms with van der Waals surface area (Å²) in [6.07, 6.45) is 1.83. The molecule has 1 aromatic rings. The van der Waals surface area contributed by atoms with Gasteiger partial charge in [0, 0.05) is 17.3 Å². The third-order valence-corrected chi connectivity index (χ3v) is 4.60. The predicted molar refractivity (Wildman–Crippen MR) is 68.6 cm³/mol. The van der Waals surface area contributed by atoms with E-state index in [1.165, 1.54) is 13.2 Å². The molecule has 0 radical (unpaired) electrons. The first-order chi connectivity index (χ1) is 8.37. The molecule has 100 valence electrons. The molecule has 6 heteroatoms. The summed E-state index contributed by atoms with van der Waals surface area (Å²) in [5.41, 5.74) is 0.364. The minimum absolute atomic E-state index is 0.0131. The highest BCUT2D eigenvalue weighted by Gasteiger charge is 2.33. The van der Waals surface area contributed by atoms with Gasteiger partial charge in [-0.25, -0.2) is 8.42 Å². The maximum Gasteiger partial charge on any atom is 0.264 e. The first kappa shape index (κ1) is 13.6. The highest BCUT2D eigenvalue weighted by molar-refractivity contribution is 8.13. The lowest BCUT2D eigenvalue weighted by Crippen LogP contribution is -2.20. The van der Waals surface area contributed by atoms with Crippen molar-refractivity contribution < 1.29 is 17.9 Å². The van der Waals surface area contributed by atoms with Crippen molar-refractivity contribution in [2.24, 2.45) is 0 Å². The van der Waals surface area contributed by atoms with E-state index in [4.69, 9.17) is 20.2 Å². The molecule has 4 nitrogen and oxygen atoms in total. The van der Waals surface area contributed by atoms with Gasteiger partial charge in [-0.1, -0.05) is 6.07 Å². The summed E-state index contributed by atoms with van der Waals surface area (Å²) in [4.78, 5) is -0.0131. The van der Waals surface area contributed by atoms with E-state index in [1.54, 1.807) is 6.07 Å². The van der Waals surface area contributed by atoms with E-state index in [0.717, 1.165) is 18.4 Å². The Hall–Kier alpha value is -0.780. The molecule has 0 amide bonds. The van der Waals surface area contributed by atoms with E-state index in [-0.39, 0.29) is 10.6 Å². The van der Waals surface area contributed by atoms with Gasteiger partial charge in [0.05, 0.1) is 12.7 Å². The van der Waals surface area contributed by atoms with E-state index < -0.39 is 14.7 Å². The molecule has 2 rings (SSSR count). The smallest absolute Gasteiger partial charge is 0.264 e. The fourth-order valence-corrected chi connectivity index (χ4v) is 3.22. The van der Waals surface area contributed by atoms with Crippen molar-refractivity contribution in [3.8, 4) is 5.75 Å². The lowest BCUT2D eigenvalue weighted by molar-refractivity contribution is 0.0166. The normalized spacial score (nSPS) is 24.2. The molecule has 0 saturated carbocycles. The lowest BCUT2D eigenvalue weighted by Gasteiger charge is -2.24. The standard InChI is InChI=1S/C12H15ClO4S/c1-12(6-3-7-17-12)9-4-5-10(16-2)11(8-9)18(13,14)15/h4-5,8H,3,6-7H2,1-2H3. The Labute approximate surface area is 111 Å². The molecule has 0 aromatic heterocycles. The summed E-state index contributed by atoms with van der Waals surface area (Å²) in [6, 6.07) is 4.96. The summed E-state index contributed by atoms with van der Waals surface area (Å²) in [6.45, 7) is 2.64. The zero-order valence-electron chi connectivity index (χ0n) is 10.3. The molecule has 18 heavy (non-hydrogen) atoms. The van der Waals surface area contributed by atoms with Crippen molar-refractivity contribution in [1.82, 2.24) is 0 Å². The predicted octanol–water partition coefficient (Wildman–Crippen LogP) is 2.65. The number of hydrogen-bond acceptors (Lipinski definition) is 4. The van der Waals surface area contributed by atoms with Crippen LogP contribution in [0.4, 0.5) is 0 Å². The molecule has 1 heterocycles. The monoisotopic (exact) mass is 290 g/mol. The van der Waals surface area contributed by atoms with Crippen molar-refractivity contribution in [2.75, 3.05) is 13.7 Å². The zero-order valence-corrected chi connectivity index (χ0v) is 11.8. The number of ether oxygens (including phenoxy) is 2. The van der Waals surface area contributed by atoms with Crippen LogP contribution in [0.5, 0.6) is 5.75 Å². The van der Waals surface area contributed by atoms with Gasteiger partial charge in [0.2, 0.25) is 0 Å². The van der Waals surface area contributed by atoms with Gasteiger partial charge >= 0.3 is 0 Å². The zero-order chi connectivity index (χ0) is 13.4. The fraction of sp³-hybridized carbons (Fsp3) is 0.500. The molecule has 1 fully saturated rings. The van der Waals surface area contributed by atoms with E-state index in [2.05, 4.69) is 0 Å². The van der Waals surface area contributed by atoms with E-state index in [1.807, 2.05) is 13.0 Å². The molecule has 1 aromatic carbocycles. The Morgan fingerprint density at radius 1 is 1.44 bits per heavy atom. The van der Waals surface area contributed by atoms with E-state index in [0.29, 0.717) is 6.61 Å². The molecular weight excluding hydrogens is 276 g/mol. The van der Waals surface area contributed by atoms with Crippen LogP contribution >= 0.6 is 10.7 Å². The quantitative estimate of drug-likeness (QED) is 0.803. The van der Waals surface area contributed by atoms with Crippen LogP contribution in [0.2, 0.25) is 0 Å². The van der Waals surface area contributed by atoms with Crippen molar-refractivity contribution in [3.05, 3.63) is 23.8 Å². The third kappa shape index (κ3) is 2.48. The Balaban J connectivity index is 2.53. The van der Waals surface area contributed by atoms with Gasteiger partial charge in [-0.3, -0.25) is 0 Å². The molecule has 1 atom stereocenters.